The first-order chi connectivity index (χ1) is 5.24. The molecule has 11 heavy (non-hydrogen) atoms. The zero-order valence-electron chi connectivity index (χ0n) is 6.30. The van der Waals surface area contributed by atoms with Crippen LogP contribution in [0.4, 0.5) is 0 Å². The van der Waals surface area contributed by atoms with Crippen molar-refractivity contribution in [3.05, 3.63) is 20.8 Å². The molecule has 0 aliphatic carbocycles. The molecule has 0 spiro atoms. The Labute approximate surface area is 78.0 Å². The molecule has 2 nitrogen and oxygen atoms in total. The van der Waals surface area contributed by atoms with Gasteiger partial charge in [-0.2, -0.15) is 0 Å². The molecule has 1 rings (SSSR count). The van der Waals surface area contributed by atoms with Gasteiger partial charge in [0.15, 0.2) is 0 Å². The van der Waals surface area contributed by atoms with Crippen molar-refractivity contribution in [2.24, 2.45) is 5.16 Å². The molecule has 0 bridgehead atoms. The number of hydrogen-bond donors (Lipinski definition) is 0. The molecule has 0 aromatic carbocycles. The van der Waals surface area contributed by atoms with Gasteiger partial charge < -0.3 is 4.84 Å². The second-order valence-electron chi connectivity index (χ2n) is 1.99. The number of nitrogens with zero attached hydrogens (tertiary/aromatic N) is 1. The fraction of sp³-hybridized carbons (Fsp3) is 0.286. The average Bonchev–Trinajstić information content (AvgIpc) is 2.36. The van der Waals surface area contributed by atoms with Gasteiger partial charge in [-0.15, -0.1) is 11.3 Å². The van der Waals surface area contributed by atoms with E-state index in [2.05, 4.69) is 25.9 Å². The molecule has 0 saturated carbocycles. The predicted molar refractivity (Wildman–Crippen MR) is 51.2 cm³/mol. The Morgan fingerprint density at radius 2 is 2.45 bits per heavy atom. The van der Waals surface area contributed by atoms with Crippen molar-refractivity contribution in [1.29, 1.82) is 0 Å². The minimum absolute atomic E-state index is 0.906. The van der Waals surface area contributed by atoms with E-state index < -0.39 is 0 Å². The topological polar surface area (TPSA) is 21.6 Å². The summed E-state index contributed by atoms with van der Waals surface area (Å²) >= 11 is 5.01. The quantitative estimate of drug-likeness (QED) is 0.569. The van der Waals surface area contributed by atoms with Gasteiger partial charge in [-0.3, -0.25) is 0 Å². The maximum absolute atomic E-state index is 4.65. The SMILES string of the molecule is CO/N=C(\C)c1cc(Br)cs1. The highest BCUT2D eigenvalue weighted by atomic mass is 79.9. The van der Waals surface area contributed by atoms with Crippen LogP contribution >= 0.6 is 27.3 Å². The molecule has 0 radical (unpaired) electrons. The molecule has 0 amide bonds. The zero-order valence-corrected chi connectivity index (χ0v) is 8.70. The van der Waals surface area contributed by atoms with Gasteiger partial charge in [-0.05, 0) is 28.9 Å². The Balaban J connectivity index is 2.84. The summed E-state index contributed by atoms with van der Waals surface area (Å²) in [6, 6.07) is 2.02. The van der Waals surface area contributed by atoms with Gasteiger partial charge in [0.1, 0.15) is 7.11 Å². The minimum atomic E-state index is 0.906. The summed E-state index contributed by atoms with van der Waals surface area (Å²) in [5.41, 5.74) is 0.906. The Kier molecular flexibility index (Phi) is 3.08. The second kappa shape index (κ2) is 3.88. The normalized spacial score (nSPS) is 11.7. The van der Waals surface area contributed by atoms with Crippen LogP contribution in [0.15, 0.2) is 21.1 Å². The van der Waals surface area contributed by atoms with E-state index in [0.29, 0.717) is 0 Å². The third kappa shape index (κ3) is 2.31. The van der Waals surface area contributed by atoms with Crippen LogP contribution in [0.25, 0.3) is 0 Å². The van der Waals surface area contributed by atoms with Gasteiger partial charge >= 0.3 is 0 Å². The smallest absolute Gasteiger partial charge is 0.106 e. The highest BCUT2D eigenvalue weighted by Crippen LogP contribution is 2.20. The van der Waals surface area contributed by atoms with E-state index in [0.717, 1.165) is 15.1 Å². The fourth-order valence-electron chi connectivity index (χ4n) is 0.685. The van der Waals surface area contributed by atoms with E-state index in [1.54, 1.807) is 18.4 Å². The maximum atomic E-state index is 4.65. The predicted octanol–water partition coefficient (Wildman–Crippen LogP) is 2.88. The molecular weight excluding hydrogens is 226 g/mol. The number of rotatable bonds is 2. The lowest BCUT2D eigenvalue weighted by Crippen LogP contribution is -1.89. The standard InChI is InChI=1S/C7H8BrNOS/c1-5(9-10-2)7-3-6(8)4-11-7/h3-4H,1-2H3/b9-5+. The van der Waals surface area contributed by atoms with Crippen LogP contribution in [0.5, 0.6) is 0 Å². The lowest BCUT2D eigenvalue weighted by atomic mass is 10.3. The van der Waals surface area contributed by atoms with Gasteiger partial charge in [-0.1, -0.05) is 5.16 Å². The highest BCUT2D eigenvalue weighted by Gasteiger charge is 2.00. The number of thiophene rings is 1. The summed E-state index contributed by atoms with van der Waals surface area (Å²) in [6.07, 6.45) is 0. The molecule has 0 N–H and O–H groups in total. The van der Waals surface area contributed by atoms with Gasteiger partial charge in [-0.25, -0.2) is 0 Å². The molecule has 0 aliphatic heterocycles. The third-order valence-corrected chi connectivity index (χ3v) is 2.95. The van der Waals surface area contributed by atoms with Crippen LogP contribution in [0.2, 0.25) is 0 Å². The van der Waals surface area contributed by atoms with E-state index in [1.165, 1.54) is 0 Å². The van der Waals surface area contributed by atoms with Crippen molar-refractivity contribution in [3.63, 3.8) is 0 Å². The molecular formula is C7H8BrNOS. The van der Waals surface area contributed by atoms with E-state index in [1.807, 2.05) is 18.4 Å². The van der Waals surface area contributed by atoms with E-state index in [9.17, 15) is 0 Å². The molecule has 4 heteroatoms. The van der Waals surface area contributed by atoms with Crippen molar-refractivity contribution in [3.8, 4) is 0 Å². The molecule has 0 atom stereocenters. The minimum Gasteiger partial charge on any atom is -0.399 e. The highest BCUT2D eigenvalue weighted by molar-refractivity contribution is 9.10. The third-order valence-electron chi connectivity index (χ3n) is 1.15. The maximum Gasteiger partial charge on any atom is 0.106 e. The van der Waals surface area contributed by atoms with Crippen molar-refractivity contribution in [2.75, 3.05) is 7.11 Å². The number of hydrogen-bond acceptors (Lipinski definition) is 3. The van der Waals surface area contributed by atoms with E-state index in [4.69, 9.17) is 0 Å². The number of halogens is 1. The Morgan fingerprint density at radius 1 is 1.73 bits per heavy atom. The van der Waals surface area contributed by atoms with E-state index in [-0.39, 0.29) is 0 Å². The van der Waals surface area contributed by atoms with Gasteiger partial charge in [0.2, 0.25) is 0 Å². The molecule has 60 valence electrons. The fourth-order valence-corrected chi connectivity index (χ4v) is 2.06. The molecule has 1 aromatic rings. The molecule has 0 unspecified atom stereocenters. The lowest BCUT2D eigenvalue weighted by Gasteiger charge is -1.92. The first-order valence-electron chi connectivity index (χ1n) is 3.06. The molecule has 1 heterocycles. The van der Waals surface area contributed by atoms with Crippen LogP contribution < -0.4 is 0 Å². The van der Waals surface area contributed by atoms with Crippen LogP contribution in [-0.2, 0) is 4.84 Å². The first kappa shape index (κ1) is 8.74. The van der Waals surface area contributed by atoms with Crippen LogP contribution in [0, 0.1) is 0 Å². The summed E-state index contributed by atoms with van der Waals surface area (Å²) < 4.78 is 1.09. The Morgan fingerprint density at radius 3 is 2.91 bits per heavy atom. The van der Waals surface area contributed by atoms with Crippen LogP contribution in [0.3, 0.4) is 0 Å². The average molecular weight is 234 g/mol. The summed E-state index contributed by atoms with van der Waals surface area (Å²) in [6.45, 7) is 1.92. The molecule has 0 fully saturated rings. The van der Waals surface area contributed by atoms with Gasteiger partial charge in [0.05, 0.1) is 10.6 Å². The molecule has 0 saturated heterocycles. The summed E-state index contributed by atoms with van der Waals surface area (Å²) in [5.74, 6) is 0. The van der Waals surface area contributed by atoms with Crippen molar-refractivity contribution < 1.29 is 4.84 Å². The first-order valence-corrected chi connectivity index (χ1v) is 4.73. The van der Waals surface area contributed by atoms with Crippen molar-refractivity contribution in [1.82, 2.24) is 0 Å². The summed E-state index contributed by atoms with van der Waals surface area (Å²) in [4.78, 5) is 5.77. The Bertz CT molecular complexity index is 269. The Hall–Kier alpha value is -0.350. The van der Waals surface area contributed by atoms with E-state index >= 15 is 0 Å². The van der Waals surface area contributed by atoms with Crippen molar-refractivity contribution in [2.45, 2.75) is 6.92 Å². The van der Waals surface area contributed by atoms with Gasteiger partial charge in [0, 0.05) is 9.85 Å². The molecule has 1 aromatic heterocycles. The molecule has 0 aliphatic rings. The van der Waals surface area contributed by atoms with Crippen molar-refractivity contribution >= 4 is 33.0 Å². The van der Waals surface area contributed by atoms with Crippen LogP contribution in [-0.4, -0.2) is 12.8 Å². The second-order valence-corrected chi connectivity index (χ2v) is 3.82. The monoisotopic (exact) mass is 233 g/mol. The van der Waals surface area contributed by atoms with Crippen LogP contribution in [0.1, 0.15) is 11.8 Å². The summed E-state index contributed by atoms with van der Waals surface area (Å²) in [7, 11) is 1.55. The number of oxime groups is 1. The lowest BCUT2D eigenvalue weighted by molar-refractivity contribution is 0.213. The largest absolute Gasteiger partial charge is 0.399 e. The van der Waals surface area contributed by atoms with Gasteiger partial charge in [0.25, 0.3) is 0 Å². The summed E-state index contributed by atoms with van der Waals surface area (Å²) in [5, 5.41) is 5.83. The zero-order chi connectivity index (χ0) is 8.27.